The molecule has 4 heteroatoms. The molecule has 0 saturated carbocycles. The molecule has 16 heavy (non-hydrogen) atoms. The molecule has 1 aromatic heterocycles. The zero-order valence-electron chi connectivity index (χ0n) is 8.74. The Morgan fingerprint density at radius 2 is 2.19 bits per heavy atom. The van der Waals surface area contributed by atoms with Crippen LogP contribution in [0, 0.1) is 0 Å². The maximum atomic E-state index is 5.83. The first-order chi connectivity index (χ1) is 7.92. The minimum Gasteiger partial charge on any atom is -0.486 e. The first-order valence-corrected chi connectivity index (χ1v) is 5.26. The van der Waals surface area contributed by atoms with Crippen LogP contribution in [0.5, 0.6) is 11.5 Å². The van der Waals surface area contributed by atoms with Crippen molar-refractivity contribution in [3.05, 3.63) is 43.0 Å². The quantitative estimate of drug-likeness (QED) is 0.767. The molecule has 1 aliphatic heterocycles. The number of aromatic nitrogens is 2. The molecule has 1 aromatic carbocycles. The fraction of sp³-hybridized carbons (Fsp3) is 0.250. The Hall–Kier alpha value is -1.97. The lowest BCUT2D eigenvalue weighted by Gasteiger charge is -2.26. The SMILES string of the molecule is c1ccc2c(c1)OCC(Cn1ccnc1)O2. The Morgan fingerprint density at radius 1 is 1.31 bits per heavy atom. The molecule has 0 fully saturated rings. The molecule has 4 nitrogen and oxygen atoms in total. The van der Waals surface area contributed by atoms with E-state index in [-0.39, 0.29) is 6.10 Å². The number of imidazole rings is 1. The molecule has 82 valence electrons. The van der Waals surface area contributed by atoms with Crippen molar-refractivity contribution in [3.63, 3.8) is 0 Å². The van der Waals surface area contributed by atoms with Gasteiger partial charge in [0.05, 0.1) is 12.9 Å². The van der Waals surface area contributed by atoms with Crippen molar-refractivity contribution >= 4 is 0 Å². The highest BCUT2D eigenvalue weighted by molar-refractivity contribution is 5.40. The van der Waals surface area contributed by atoms with Gasteiger partial charge in [-0.1, -0.05) is 12.1 Å². The maximum absolute atomic E-state index is 5.83. The Balaban J connectivity index is 1.73. The monoisotopic (exact) mass is 216 g/mol. The number of hydrogen-bond donors (Lipinski definition) is 0. The Kier molecular flexibility index (Phi) is 2.25. The molecule has 0 N–H and O–H groups in total. The van der Waals surface area contributed by atoms with Crippen LogP contribution in [0.15, 0.2) is 43.0 Å². The van der Waals surface area contributed by atoms with Crippen LogP contribution in [0.1, 0.15) is 0 Å². The van der Waals surface area contributed by atoms with Gasteiger partial charge in [-0.15, -0.1) is 0 Å². The molecule has 0 amide bonds. The van der Waals surface area contributed by atoms with Crippen LogP contribution < -0.4 is 9.47 Å². The minimum absolute atomic E-state index is 0.0455. The van der Waals surface area contributed by atoms with Crippen molar-refractivity contribution in [1.29, 1.82) is 0 Å². The van der Waals surface area contributed by atoms with Crippen LogP contribution in [-0.2, 0) is 6.54 Å². The molecule has 0 spiro atoms. The molecule has 1 atom stereocenters. The summed E-state index contributed by atoms with van der Waals surface area (Å²) in [5.74, 6) is 1.64. The summed E-state index contributed by atoms with van der Waals surface area (Å²) in [6.45, 7) is 1.34. The van der Waals surface area contributed by atoms with Crippen molar-refractivity contribution in [2.24, 2.45) is 0 Å². The number of rotatable bonds is 2. The summed E-state index contributed by atoms with van der Waals surface area (Å²) in [7, 11) is 0. The Morgan fingerprint density at radius 3 is 3.00 bits per heavy atom. The summed E-state index contributed by atoms with van der Waals surface area (Å²) in [5.41, 5.74) is 0. The van der Waals surface area contributed by atoms with Crippen LogP contribution in [0.3, 0.4) is 0 Å². The number of fused-ring (bicyclic) bond motifs is 1. The molecule has 0 radical (unpaired) electrons. The highest BCUT2D eigenvalue weighted by atomic mass is 16.6. The third kappa shape index (κ3) is 1.74. The fourth-order valence-electron chi connectivity index (χ4n) is 1.78. The standard InChI is InChI=1S/C12H12N2O2/c1-2-4-12-11(3-1)15-8-10(16-12)7-14-6-5-13-9-14/h1-6,9-10H,7-8H2. The largest absolute Gasteiger partial charge is 0.486 e. The first kappa shape index (κ1) is 9.27. The summed E-state index contributed by atoms with van der Waals surface area (Å²) in [5, 5.41) is 0. The summed E-state index contributed by atoms with van der Waals surface area (Å²) in [4.78, 5) is 4.00. The molecular formula is C12H12N2O2. The number of para-hydroxylation sites is 2. The maximum Gasteiger partial charge on any atom is 0.161 e. The summed E-state index contributed by atoms with van der Waals surface area (Å²) in [6, 6.07) is 7.73. The molecule has 0 saturated heterocycles. The number of ether oxygens (including phenoxy) is 2. The average Bonchev–Trinajstić information content (AvgIpc) is 2.82. The summed E-state index contributed by atoms with van der Waals surface area (Å²) >= 11 is 0. The highest BCUT2D eigenvalue weighted by Crippen LogP contribution is 2.31. The van der Waals surface area contributed by atoms with Crippen LogP contribution in [0.25, 0.3) is 0 Å². The van der Waals surface area contributed by atoms with Gasteiger partial charge in [-0.2, -0.15) is 0 Å². The fourth-order valence-corrected chi connectivity index (χ4v) is 1.78. The molecule has 2 heterocycles. The number of nitrogens with zero attached hydrogens (tertiary/aromatic N) is 2. The van der Waals surface area contributed by atoms with Crippen molar-refractivity contribution in [2.75, 3.05) is 6.61 Å². The van der Waals surface area contributed by atoms with Crippen molar-refractivity contribution in [2.45, 2.75) is 12.6 Å². The lowest BCUT2D eigenvalue weighted by molar-refractivity contribution is 0.0785. The smallest absolute Gasteiger partial charge is 0.161 e. The van der Waals surface area contributed by atoms with Gasteiger partial charge in [0, 0.05) is 12.4 Å². The van der Waals surface area contributed by atoms with E-state index in [1.54, 1.807) is 12.5 Å². The number of hydrogen-bond acceptors (Lipinski definition) is 3. The van der Waals surface area contributed by atoms with Gasteiger partial charge in [0.15, 0.2) is 17.6 Å². The van der Waals surface area contributed by atoms with E-state index in [2.05, 4.69) is 4.98 Å². The van der Waals surface area contributed by atoms with Gasteiger partial charge in [0.2, 0.25) is 0 Å². The van der Waals surface area contributed by atoms with Crippen LogP contribution in [0.4, 0.5) is 0 Å². The van der Waals surface area contributed by atoms with Crippen LogP contribution in [-0.4, -0.2) is 22.3 Å². The zero-order valence-corrected chi connectivity index (χ0v) is 8.74. The average molecular weight is 216 g/mol. The van der Waals surface area contributed by atoms with Crippen LogP contribution >= 0.6 is 0 Å². The molecule has 0 bridgehead atoms. The second-order valence-corrected chi connectivity index (χ2v) is 3.76. The zero-order chi connectivity index (χ0) is 10.8. The molecular weight excluding hydrogens is 204 g/mol. The highest BCUT2D eigenvalue weighted by Gasteiger charge is 2.20. The van der Waals surface area contributed by atoms with E-state index in [1.807, 2.05) is 35.0 Å². The Bertz CT molecular complexity index is 468. The molecule has 3 rings (SSSR count). The lowest BCUT2D eigenvalue weighted by atomic mass is 10.2. The Labute approximate surface area is 93.4 Å². The van der Waals surface area contributed by atoms with Gasteiger partial charge in [-0.25, -0.2) is 4.98 Å². The second kappa shape index (κ2) is 3.89. The third-order valence-corrected chi connectivity index (χ3v) is 2.54. The predicted molar refractivity (Wildman–Crippen MR) is 58.6 cm³/mol. The van der Waals surface area contributed by atoms with Crippen molar-refractivity contribution in [1.82, 2.24) is 9.55 Å². The van der Waals surface area contributed by atoms with Gasteiger partial charge in [-0.3, -0.25) is 0 Å². The van der Waals surface area contributed by atoms with E-state index >= 15 is 0 Å². The topological polar surface area (TPSA) is 36.3 Å². The van der Waals surface area contributed by atoms with E-state index in [4.69, 9.17) is 9.47 Å². The minimum atomic E-state index is 0.0455. The molecule has 0 aliphatic carbocycles. The van der Waals surface area contributed by atoms with Gasteiger partial charge in [-0.05, 0) is 12.1 Å². The van der Waals surface area contributed by atoms with Gasteiger partial charge < -0.3 is 14.0 Å². The van der Waals surface area contributed by atoms with Gasteiger partial charge in [0.25, 0.3) is 0 Å². The summed E-state index contributed by atoms with van der Waals surface area (Å²) in [6.07, 6.45) is 5.51. The molecule has 1 unspecified atom stereocenters. The molecule has 1 aliphatic rings. The number of benzene rings is 1. The normalized spacial score (nSPS) is 18.4. The van der Waals surface area contributed by atoms with Gasteiger partial charge >= 0.3 is 0 Å². The lowest BCUT2D eigenvalue weighted by Crippen LogP contribution is -2.32. The molecule has 2 aromatic rings. The van der Waals surface area contributed by atoms with E-state index in [0.717, 1.165) is 18.0 Å². The first-order valence-electron chi connectivity index (χ1n) is 5.26. The van der Waals surface area contributed by atoms with Crippen LogP contribution in [0.2, 0.25) is 0 Å². The van der Waals surface area contributed by atoms with E-state index in [0.29, 0.717) is 6.61 Å². The summed E-state index contributed by atoms with van der Waals surface area (Å²) < 4.78 is 13.4. The predicted octanol–water partition coefficient (Wildman–Crippen LogP) is 1.72. The second-order valence-electron chi connectivity index (χ2n) is 3.76. The van der Waals surface area contributed by atoms with Gasteiger partial charge in [0.1, 0.15) is 6.61 Å². The van der Waals surface area contributed by atoms with E-state index < -0.39 is 0 Å². The van der Waals surface area contributed by atoms with Crippen molar-refractivity contribution < 1.29 is 9.47 Å². The third-order valence-electron chi connectivity index (χ3n) is 2.54. The van der Waals surface area contributed by atoms with E-state index in [1.165, 1.54) is 0 Å². The van der Waals surface area contributed by atoms with Crippen molar-refractivity contribution in [3.8, 4) is 11.5 Å². The van der Waals surface area contributed by atoms with E-state index in [9.17, 15) is 0 Å².